The van der Waals surface area contributed by atoms with Gasteiger partial charge in [-0.3, -0.25) is 4.99 Å². The first-order chi connectivity index (χ1) is 13.4. The Kier molecular flexibility index (Phi) is 8.56. The van der Waals surface area contributed by atoms with E-state index in [9.17, 15) is 13.2 Å². The number of halogens is 3. The summed E-state index contributed by atoms with van der Waals surface area (Å²) in [5.74, 6) is 1.47. The molecule has 2 aromatic rings. The summed E-state index contributed by atoms with van der Waals surface area (Å²) >= 11 is 1.01. The van der Waals surface area contributed by atoms with Gasteiger partial charge in [0.1, 0.15) is 5.75 Å². The van der Waals surface area contributed by atoms with Crippen LogP contribution in [0.4, 0.5) is 13.2 Å². The maximum atomic E-state index is 12.6. The van der Waals surface area contributed by atoms with E-state index in [1.807, 2.05) is 24.3 Å². The van der Waals surface area contributed by atoms with Crippen molar-refractivity contribution in [3.8, 4) is 5.75 Å². The van der Waals surface area contributed by atoms with Crippen molar-refractivity contribution >= 4 is 17.3 Å². The van der Waals surface area contributed by atoms with Crippen LogP contribution in [0.1, 0.15) is 29.6 Å². The van der Waals surface area contributed by atoms with Gasteiger partial charge in [0.25, 0.3) is 0 Å². The van der Waals surface area contributed by atoms with Gasteiger partial charge in [-0.1, -0.05) is 19.1 Å². The molecule has 154 valence electrons. The lowest BCUT2D eigenvalue weighted by Gasteiger charge is -2.12. The third-order valence-corrected chi connectivity index (χ3v) is 4.68. The van der Waals surface area contributed by atoms with Gasteiger partial charge in [0.05, 0.1) is 11.6 Å². The minimum Gasteiger partial charge on any atom is -0.494 e. The number of aromatic nitrogens is 1. The molecular weight excluding hydrogens is 389 g/mol. The lowest BCUT2D eigenvalue weighted by molar-refractivity contribution is -0.140. The molecule has 2 N–H and O–H groups in total. The van der Waals surface area contributed by atoms with E-state index >= 15 is 0 Å². The predicted octanol–water partition coefficient (Wildman–Crippen LogP) is 3.90. The van der Waals surface area contributed by atoms with Crippen molar-refractivity contribution in [2.75, 3.05) is 26.7 Å². The molecule has 0 amide bonds. The van der Waals surface area contributed by atoms with Crippen LogP contribution in [-0.2, 0) is 19.0 Å². The Bertz CT molecular complexity index is 762. The van der Waals surface area contributed by atoms with Crippen LogP contribution in [0.5, 0.6) is 5.75 Å². The van der Waals surface area contributed by atoms with Crippen LogP contribution in [0.25, 0.3) is 0 Å². The highest BCUT2D eigenvalue weighted by atomic mass is 32.1. The van der Waals surface area contributed by atoms with Gasteiger partial charge in [-0.25, -0.2) is 4.98 Å². The first-order valence-electron chi connectivity index (χ1n) is 9.10. The van der Waals surface area contributed by atoms with Gasteiger partial charge in [0.15, 0.2) is 11.7 Å². The van der Waals surface area contributed by atoms with E-state index < -0.39 is 11.9 Å². The van der Waals surface area contributed by atoms with Gasteiger partial charge >= 0.3 is 6.18 Å². The molecule has 0 atom stereocenters. The smallest absolute Gasteiger partial charge is 0.434 e. The monoisotopic (exact) mass is 414 g/mol. The summed E-state index contributed by atoms with van der Waals surface area (Å²) in [4.78, 5) is 7.74. The molecule has 2 rings (SSSR count). The standard InChI is InChI=1S/C19H25F3N4OS/c1-3-11-27-15-6-4-5-14(12-15)7-9-24-18(23-2)25-10-8-17-26-16(13-28-17)19(20,21)22/h4-6,12-13H,3,7-11H2,1-2H3,(H2,23,24,25). The van der Waals surface area contributed by atoms with Crippen LogP contribution in [0.3, 0.4) is 0 Å². The second-order valence-electron chi connectivity index (χ2n) is 6.05. The number of hydrogen-bond donors (Lipinski definition) is 2. The lowest BCUT2D eigenvalue weighted by atomic mass is 10.1. The second kappa shape index (κ2) is 10.9. The number of thiazole rings is 1. The lowest BCUT2D eigenvalue weighted by Crippen LogP contribution is -2.39. The van der Waals surface area contributed by atoms with Crippen LogP contribution in [0, 0.1) is 0 Å². The van der Waals surface area contributed by atoms with E-state index in [2.05, 4.69) is 27.5 Å². The number of guanidine groups is 1. The van der Waals surface area contributed by atoms with Crippen molar-refractivity contribution in [3.63, 3.8) is 0 Å². The number of ether oxygens (including phenoxy) is 1. The number of aliphatic imine (C=N–C) groups is 1. The van der Waals surface area contributed by atoms with Crippen molar-refractivity contribution in [2.24, 2.45) is 4.99 Å². The largest absolute Gasteiger partial charge is 0.494 e. The van der Waals surface area contributed by atoms with Gasteiger partial charge in [-0.05, 0) is 30.5 Å². The highest BCUT2D eigenvalue weighted by Crippen LogP contribution is 2.29. The summed E-state index contributed by atoms with van der Waals surface area (Å²) in [6.45, 7) is 3.88. The quantitative estimate of drug-likeness (QED) is 0.483. The molecule has 0 aliphatic carbocycles. The molecule has 0 fully saturated rings. The number of hydrogen-bond acceptors (Lipinski definition) is 4. The molecule has 0 saturated carbocycles. The minimum atomic E-state index is -4.39. The zero-order valence-electron chi connectivity index (χ0n) is 16.0. The molecule has 5 nitrogen and oxygen atoms in total. The summed E-state index contributed by atoms with van der Waals surface area (Å²) in [6.07, 6.45) is -2.23. The molecule has 0 spiro atoms. The Balaban J connectivity index is 1.72. The zero-order valence-corrected chi connectivity index (χ0v) is 16.8. The highest BCUT2D eigenvalue weighted by Gasteiger charge is 2.33. The van der Waals surface area contributed by atoms with Crippen LogP contribution in [0.15, 0.2) is 34.6 Å². The zero-order chi connectivity index (χ0) is 20.4. The van der Waals surface area contributed by atoms with E-state index in [4.69, 9.17) is 4.74 Å². The number of rotatable bonds is 9. The number of nitrogens with zero attached hydrogens (tertiary/aromatic N) is 2. The molecule has 0 radical (unpaired) electrons. The predicted molar refractivity (Wildman–Crippen MR) is 106 cm³/mol. The summed E-state index contributed by atoms with van der Waals surface area (Å²) in [7, 11) is 1.65. The molecule has 0 saturated heterocycles. The van der Waals surface area contributed by atoms with Crippen LogP contribution in [0.2, 0.25) is 0 Å². The van der Waals surface area contributed by atoms with E-state index in [0.717, 1.165) is 40.9 Å². The van der Waals surface area contributed by atoms with E-state index in [-0.39, 0.29) is 0 Å². The third-order valence-electron chi connectivity index (χ3n) is 3.77. The molecule has 9 heteroatoms. The first kappa shape index (κ1) is 22.0. The summed E-state index contributed by atoms with van der Waals surface area (Å²) in [5.41, 5.74) is 0.319. The number of nitrogens with one attached hydrogen (secondary N) is 2. The minimum absolute atomic E-state index is 0.401. The van der Waals surface area contributed by atoms with Crippen LogP contribution >= 0.6 is 11.3 Å². The Morgan fingerprint density at radius 2 is 1.96 bits per heavy atom. The van der Waals surface area contributed by atoms with E-state index in [1.54, 1.807) is 7.05 Å². The molecular formula is C19H25F3N4OS. The van der Waals surface area contributed by atoms with Crippen molar-refractivity contribution in [2.45, 2.75) is 32.4 Å². The Morgan fingerprint density at radius 3 is 2.61 bits per heavy atom. The molecule has 0 unspecified atom stereocenters. The number of alkyl halides is 3. The molecule has 1 aromatic heterocycles. The van der Waals surface area contributed by atoms with Crippen LogP contribution in [-0.4, -0.2) is 37.7 Å². The van der Waals surface area contributed by atoms with Crippen molar-refractivity contribution in [3.05, 3.63) is 45.9 Å². The van der Waals surface area contributed by atoms with Gasteiger partial charge in [-0.2, -0.15) is 13.2 Å². The van der Waals surface area contributed by atoms with Gasteiger partial charge in [0, 0.05) is 31.9 Å². The van der Waals surface area contributed by atoms with E-state index in [1.165, 1.54) is 0 Å². The normalized spacial score (nSPS) is 12.1. The fraction of sp³-hybridized carbons (Fsp3) is 0.474. The van der Waals surface area contributed by atoms with Crippen molar-refractivity contribution in [1.29, 1.82) is 0 Å². The Morgan fingerprint density at radius 1 is 1.21 bits per heavy atom. The van der Waals surface area contributed by atoms with E-state index in [0.29, 0.717) is 37.1 Å². The maximum absolute atomic E-state index is 12.6. The fourth-order valence-electron chi connectivity index (χ4n) is 2.40. The Hall–Kier alpha value is -2.29. The molecule has 0 bridgehead atoms. The van der Waals surface area contributed by atoms with Crippen molar-refractivity contribution < 1.29 is 17.9 Å². The van der Waals surface area contributed by atoms with Crippen molar-refractivity contribution in [1.82, 2.24) is 15.6 Å². The summed E-state index contributed by atoms with van der Waals surface area (Å²) in [6, 6.07) is 7.97. The molecule has 1 heterocycles. The van der Waals surface area contributed by atoms with Gasteiger partial charge < -0.3 is 15.4 Å². The summed E-state index contributed by atoms with van der Waals surface area (Å²) in [5, 5.41) is 7.77. The maximum Gasteiger partial charge on any atom is 0.434 e. The molecule has 0 aliphatic heterocycles. The SMILES string of the molecule is CCCOc1cccc(CCNC(=NC)NCCc2nc(C(F)(F)F)cs2)c1. The average molecular weight is 414 g/mol. The third kappa shape index (κ3) is 7.38. The average Bonchev–Trinajstić information content (AvgIpc) is 3.15. The van der Waals surface area contributed by atoms with Gasteiger partial charge in [0.2, 0.25) is 0 Å². The highest BCUT2D eigenvalue weighted by molar-refractivity contribution is 7.09. The molecule has 0 aliphatic rings. The first-order valence-corrected chi connectivity index (χ1v) is 9.98. The number of benzene rings is 1. The molecule has 28 heavy (non-hydrogen) atoms. The Labute approximate surface area is 167 Å². The van der Waals surface area contributed by atoms with Crippen LogP contribution < -0.4 is 15.4 Å². The summed E-state index contributed by atoms with van der Waals surface area (Å²) < 4.78 is 43.3. The molecule has 1 aromatic carbocycles. The topological polar surface area (TPSA) is 58.5 Å². The second-order valence-corrected chi connectivity index (χ2v) is 6.99. The fourth-order valence-corrected chi connectivity index (χ4v) is 3.21. The van der Waals surface area contributed by atoms with Gasteiger partial charge in [-0.15, -0.1) is 11.3 Å².